The van der Waals surface area contributed by atoms with Gasteiger partial charge in [-0.3, -0.25) is 9.48 Å². The molecule has 1 N–H and O–H groups in total. The Hall–Kier alpha value is -2.06. The van der Waals surface area contributed by atoms with E-state index in [1.807, 2.05) is 0 Å². The van der Waals surface area contributed by atoms with E-state index in [0.29, 0.717) is 25.7 Å². The third-order valence-corrected chi connectivity index (χ3v) is 4.47. The summed E-state index contributed by atoms with van der Waals surface area (Å²) >= 11 is 0. The number of carboxylic acid groups (broad SMARTS) is 1. The lowest BCUT2D eigenvalue weighted by atomic mass is 9.74. The molecule has 134 valence electrons. The number of aromatic carboxylic acids is 1. The minimum atomic E-state index is -4.81. The Labute approximate surface area is 136 Å². The third kappa shape index (κ3) is 3.39. The van der Waals surface area contributed by atoms with Crippen LogP contribution >= 0.6 is 0 Å². The van der Waals surface area contributed by atoms with Gasteiger partial charge >= 0.3 is 18.1 Å². The standard InChI is InChI=1S/C15H19F3N2O4/c1-3-24-13(23)14(2)6-4-9(5-7-14)20-11(15(16,17)18)10(8-19-20)12(21)22/h8-9H,3-7H2,1-2H3,(H,21,22). The van der Waals surface area contributed by atoms with Crippen LogP contribution in [-0.4, -0.2) is 33.4 Å². The van der Waals surface area contributed by atoms with Gasteiger partial charge in [0.25, 0.3) is 0 Å². The van der Waals surface area contributed by atoms with Crippen LogP contribution in [0.5, 0.6) is 0 Å². The summed E-state index contributed by atoms with van der Waals surface area (Å²) in [6, 6.07) is -0.600. The second-order valence-electron chi connectivity index (χ2n) is 6.17. The Morgan fingerprint density at radius 2 is 2.00 bits per heavy atom. The minimum Gasteiger partial charge on any atom is -0.478 e. The number of carbonyl (C=O) groups excluding carboxylic acids is 1. The van der Waals surface area contributed by atoms with Gasteiger partial charge in [0.1, 0.15) is 5.56 Å². The normalized spacial score (nSPS) is 24.6. The van der Waals surface area contributed by atoms with Crippen molar-refractivity contribution in [2.24, 2.45) is 5.41 Å². The number of carbonyl (C=O) groups is 2. The smallest absolute Gasteiger partial charge is 0.433 e. The molecule has 0 atom stereocenters. The van der Waals surface area contributed by atoms with E-state index in [4.69, 9.17) is 9.84 Å². The molecule has 0 bridgehead atoms. The zero-order valence-electron chi connectivity index (χ0n) is 13.4. The SMILES string of the molecule is CCOC(=O)C1(C)CCC(n2ncc(C(=O)O)c2C(F)(F)F)CC1. The monoisotopic (exact) mass is 348 g/mol. The number of ether oxygens (including phenoxy) is 1. The highest BCUT2D eigenvalue weighted by molar-refractivity contribution is 5.88. The van der Waals surface area contributed by atoms with E-state index >= 15 is 0 Å². The first-order valence-electron chi connectivity index (χ1n) is 7.65. The highest BCUT2D eigenvalue weighted by Crippen LogP contribution is 2.43. The minimum absolute atomic E-state index is 0.247. The molecular weight excluding hydrogens is 329 g/mol. The predicted molar refractivity (Wildman–Crippen MR) is 76.4 cm³/mol. The molecule has 1 aliphatic rings. The molecule has 0 aromatic carbocycles. The van der Waals surface area contributed by atoms with Crippen LogP contribution in [0.3, 0.4) is 0 Å². The Kier molecular flexibility index (Phi) is 4.91. The fourth-order valence-corrected chi connectivity index (χ4v) is 3.07. The second kappa shape index (κ2) is 6.45. The maximum atomic E-state index is 13.2. The molecule has 1 aromatic heterocycles. The van der Waals surface area contributed by atoms with Crippen LogP contribution in [-0.2, 0) is 15.7 Å². The number of hydrogen-bond donors (Lipinski definition) is 1. The zero-order valence-corrected chi connectivity index (χ0v) is 13.4. The van der Waals surface area contributed by atoms with Crippen LogP contribution in [0, 0.1) is 5.41 Å². The van der Waals surface area contributed by atoms with E-state index in [9.17, 15) is 22.8 Å². The fourth-order valence-electron chi connectivity index (χ4n) is 3.07. The van der Waals surface area contributed by atoms with Crippen molar-refractivity contribution in [2.75, 3.05) is 6.61 Å². The summed E-state index contributed by atoms with van der Waals surface area (Å²) in [7, 11) is 0. The molecule has 24 heavy (non-hydrogen) atoms. The van der Waals surface area contributed by atoms with Gasteiger partial charge in [-0.25, -0.2) is 4.79 Å². The quantitative estimate of drug-likeness (QED) is 0.845. The number of alkyl halides is 3. The van der Waals surface area contributed by atoms with Crippen LogP contribution in [0.25, 0.3) is 0 Å². The molecule has 1 heterocycles. The van der Waals surface area contributed by atoms with E-state index in [-0.39, 0.29) is 12.6 Å². The first-order chi connectivity index (χ1) is 11.1. The lowest BCUT2D eigenvalue weighted by Crippen LogP contribution is -2.35. The van der Waals surface area contributed by atoms with Gasteiger partial charge in [0.15, 0.2) is 5.69 Å². The van der Waals surface area contributed by atoms with Crippen LogP contribution in [0.15, 0.2) is 6.20 Å². The maximum absolute atomic E-state index is 13.2. The van der Waals surface area contributed by atoms with E-state index in [1.54, 1.807) is 13.8 Å². The molecule has 0 aliphatic heterocycles. The number of aromatic nitrogens is 2. The van der Waals surface area contributed by atoms with Crippen LogP contribution < -0.4 is 0 Å². The van der Waals surface area contributed by atoms with Crippen molar-refractivity contribution >= 4 is 11.9 Å². The summed E-state index contributed by atoms with van der Waals surface area (Å²) in [6.45, 7) is 3.68. The summed E-state index contributed by atoms with van der Waals surface area (Å²) in [5.41, 5.74) is -2.84. The maximum Gasteiger partial charge on any atom is 0.433 e. The van der Waals surface area contributed by atoms with Gasteiger partial charge in [-0.05, 0) is 39.5 Å². The van der Waals surface area contributed by atoms with Crippen molar-refractivity contribution < 1.29 is 32.6 Å². The Balaban J connectivity index is 2.24. The van der Waals surface area contributed by atoms with Gasteiger partial charge in [-0.1, -0.05) is 0 Å². The number of rotatable bonds is 4. The summed E-state index contributed by atoms with van der Waals surface area (Å²) in [5.74, 6) is -2.02. The van der Waals surface area contributed by atoms with Gasteiger partial charge in [0.05, 0.1) is 24.3 Å². The molecule has 9 heteroatoms. The zero-order chi connectivity index (χ0) is 18.1. The van der Waals surface area contributed by atoms with E-state index < -0.39 is 34.9 Å². The van der Waals surface area contributed by atoms with Crippen LogP contribution in [0.1, 0.15) is 61.6 Å². The van der Waals surface area contributed by atoms with E-state index in [2.05, 4.69) is 5.10 Å². The van der Waals surface area contributed by atoms with Crippen molar-refractivity contribution in [2.45, 2.75) is 51.7 Å². The van der Waals surface area contributed by atoms with E-state index in [0.717, 1.165) is 10.9 Å². The van der Waals surface area contributed by atoms with Gasteiger partial charge in [-0.15, -0.1) is 0 Å². The Morgan fingerprint density at radius 1 is 1.42 bits per heavy atom. The Morgan fingerprint density at radius 3 is 2.46 bits per heavy atom. The topological polar surface area (TPSA) is 81.4 Å². The van der Waals surface area contributed by atoms with Gasteiger partial charge in [-0.2, -0.15) is 18.3 Å². The number of halogens is 3. The van der Waals surface area contributed by atoms with Crippen molar-refractivity contribution in [1.29, 1.82) is 0 Å². The molecule has 6 nitrogen and oxygen atoms in total. The highest BCUT2D eigenvalue weighted by atomic mass is 19.4. The van der Waals surface area contributed by atoms with Crippen molar-refractivity contribution in [3.8, 4) is 0 Å². The number of hydrogen-bond acceptors (Lipinski definition) is 4. The average Bonchev–Trinajstić information content (AvgIpc) is 2.93. The third-order valence-electron chi connectivity index (χ3n) is 4.47. The molecule has 0 spiro atoms. The summed E-state index contributed by atoms with van der Waals surface area (Å²) in [4.78, 5) is 23.0. The average molecular weight is 348 g/mol. The number of nitrogens with zero attached hydrogens (tertiary/aromatic N) is 2. The van der Waals surface area contributed by atoms with E-state index in [1.165, 1.54) is 0 Å². The van der Waals surface area contributed by atoms with Crippen LogP contribution in [0.2, 0.25) is 0 Å². The first-order valence-corrected chi connectivity index (χ1v) is 7.65. The molecule has 0 radical (unpaired) electrons. The first kappa shape index (κ1) is 18.3. The van der Waals surface area contributed by atoms with Crippen LogP contribution in [0.4, 0.5) is 13.2 Å². The van der Waals surface area contributed by atoms with Crippen molar-refractivity contribution in [3.05, 3.63) is 17.5 Å². The lowest BCUT2D eigenvalue weighted by molar-refractivity contribution is -0.157. The van der Waals surface area contributed by atoms with Crippen molar-refractivity contribution in [3.63, 3.8) is 0 Å². The second-order valence-corrected chi connectivity index (χ2v) is 6.17. The Bertz CT molecular complexity index is 631. The molecule has 1 aliphatic carbocycles. The predicted octanol–water partition coefficient (Wildman–Crippen LogP) is 3.28. The number of carboxylic acids is 1. The highest BCUT2D eigenvalue weighted by Gasteiger charge is 2.44. The molecule has 0 amide bonds. The lowest BCUT2D eigenvalue weighted by Gasteiger charge is -2.35. The van der Waals surface area contributed by atoms with Gasteiger partial charge in [0.2, 0.25) is 0 Å². The molecular formula is C15H19F3N2O4. The molecule has 0 unspecified atom stereocenters. The van der Waals surface area contributed by atoms with Gasteiger partial charge < -0.3 is 9.84 Å². The van der Waals surface area contributed by atoms with Gasteiger partial charge in [0, 0.05) is 0 Å². The summed E-state index contributed by atoms with van der Waals surface area (Å²) in [5, 5.41) is 12.6. The summed E-state index contributed by atoms with van der Waals surface area (Å²) in [6.07, 6.45) is -2.79. The molecule has 1 fully saturated rings. The van der Waals surface area contributed by atoms with Crippen molar-refractivity contribution in [1.82, 2.24) is 9.78 Å². The molecule has 1 saturated carbocycles. The molecule has 0 saturated heterocycles. The molecule has 1 aromatic rings. The molecule has 2 rings (SSSR count). The summed E-state index contributed by atoms with van der Waals surface area (Å²) < 4.78 is 45.5. The number of esters is 1. The fraction of sp³-hybridized carbons (Fsp3) is 0.667. The largest absolute Gasteiger partial charge is 0.478 e.